The Morgan fingerprint density at radius 1 is 1.50 bits per heavy atom. The number of aromatic nitrogens is 1. The summed E-state index contributed by atoms with van der Waals surface area (Å²) in [4.78, 5) is 10.3. The van der Waals surface area contributed by atoms with E-state index in [2.05, 4.69) is 0 Å². The van der Waals surface area contributed by atoms with Gasteiger partial charge in [0.05, 0.1) is 6.42 Å². The van der Waals surface area contributed by atoms with Crippen LogP contribution < -0.4 is 0 Å². The van der Waals surface area contributed by atoms with Gasteiger partial charge in [0.2, 0.25) is 0 Å². The zero-order valence-corrected chi connectivity index (χ0v) is 7.62. The van der Waals surface area contributed by atoms with E-state index in [-0.39, 0.29) is 24.9 Å². The number of halogens is 1. The van der Waals surface area contributed by atoms with Crippen LogP contribution >= 0.6 is 12.4 Å². The molecule has 1 heterocycles. The van der Waals surface area contributed by atoms with Gasteiger partial charge < -0.3 is 9.67 Å². The Morgan fingerprint density at radius 3 is 2.42 bits per heavy atom. The van der Waals surface area contributed by atoms with E-state index in [0.29, 0.717) is 0 Å². The predicted molar refractivity (Wildman–Crippen MR) is 48.6 cm³/mol. The molecule has 0 radical (unpaired) electrons. The van der Waals surface area contributed by atoms with E-state index < -0.39 is 5.97 Å². The molecule has 1 atom stereocenters. The second kappa shape index (κ2) is 4.83. The highest BCUT2D eigenvalue weighted by molar-refractivity contribution is 5.85. The molecule has 1 N–H and O–H groups in total. The van der Waals surface area contributed by atoms with Crippen molar-refractivity contribution in [3.05, 3.63) is 24.5 Å². The summed E-state index contributed by atoms with van der Waals surface area (Å²) in [6, 6.07) is 3.82. The summed E-state index contributed by atoms with van der Waals surface area (Å²) in [6.45, 7) is 1.88. The first-order chi connectivity index (χ1) is 5.20. The minimum absolute atomic E-state index is 0. The van der Waals surface area contributed by atoms with E-state index in [1.54, 1.807) is 0 Å². The molecule has 0 aromatic carbocycles. The van der Waals surface area contributed by atoms with Crippen LogP contribution in [0.3, 0.4) is 0 Å². The summed E-state index contributed by atoms with van der Waals surface area (Å²) >= 11 is 0. The normalized spacial score (nSPS) is 11.8. The number of hydrogen-bond donors (Lipinski definition) is 1. The lowest BCUT2D eigenvalue weighted by Gasteiger charge is -2.09. The Morgan fingerprint density at radius 2 is 2.00 bits per heavy atom. The highest BCUT2D eigenvalue weighted by atomic mass is 35.5. The Labute approximate surface area is 77.4 Å². The van der Waals surface area contributed by atoms with E-state index in [1.807, 2.05) is 36.0 Å². The summed E-state index contributed by atoms with van der Waals surface area (Å²) < 4.78 is 1.88. The molecule has 0 saturated heterocycles. The van der Waals surface area contributed by atoms with Gasteiger partial charge in [-0.15, -0.1) is 12.4 Å². The molecule has 0 spiro atoms. The zero-order chi connectivity index (χ0) is 8.27. The largest absolute Gasteiger partial charge is 0.481 e. The molecular formula is C8H12ClNO2. The van der Waals surface area contributed by atoms with Crippen molar-refractivity contribution in [3.63, 3.8) is 0 Å². The van der Waals surface area contributed by atoms with Gasteiger partial charge in [0.15, 0.2) is 0 Å². The fourth-order valence-corrected chi connectivity index (χ4v) is 1.000. The van der Waals surface area contributed by atoms with Crippen LogP contribution in [0.2, 0.25) is 0 Å². The zero-order valence-electron chi connectivity index (χ0n) is 6.80. The molecule has 0 saturated carbocycles. The minimum atomic E-state index is -0.758. The van der Waals surface area contributed by atoms with Crippen molar-refractivity contribution in [2.24, 2.45) is 0 Å². The van der Waals surface area contributed by atoms with Crippen LogP contribution in [-0.2, 0) is 4.79 Å². The Balaban J connectivity index is 0.00000121. The van der Waals surface area contributed by atoms with Crippen molar-refractivity contribution in [2.75, 3.05) is 0 Å². The molecule has 1 rings (SSSR count). The summed E-state index contributed by atoms with van der Waals surface area (Å²) in [5.74, 6) is -0.758. The molecule has 0 fully saturated rings. The molecule has 0 aliphatic heterocycles. The summed E-state index contributed by atoms with van der Waals surface area (Å²) in [5.41, 5.74) is 0. The van der Waals surface area contributed by atoms with Crippen LogP contribution in [0.15, 0.2) is 24.5 Å². The summed E-state index contributed by atoms with van der Waals surface area (Å²) in [6.07, 6.45) is 3.91. The Hall–Kier alpha value is -0.960. The minimum Gasteiger partial charge on any atom is -0.481 e. The lowest BCUT2D eigenvalue weighted by atomic mass is 10.2. The third kappa shape index (κ3) is 2.96. The number of hydrogen-bond acceptors (Lipinski definition) is 1. The van der Waals surface area contributed by atoms with Gasteiger partial charge in [-0.1, -0.05) is 0 Å². The smallest absolute Gasteiger partial charge is 0.305 e. The maximum atomic E-state index is 10.3. The molecule has 0 amide bonds. The maximum Gasteiger partial charge on any atom is 0.305 e. The van der Waals surface area contributed by atoms with Crippen molar-refractivity contribution in [1.29, 1.82) is 0 Å². The van der Waals surface area contributed by atoms with E-state index in [1.165, 1.54) is 0 Å². The van der Waals surface area contributed by atoms with Gasteiger partial charge in [-0.05, 0) is 19.1 Å². The first kappa shape index (κ1) is 11.0. The van der Waals surface area contributed by atoms with Gasteiger partial charge in [0.1, 0.15) is 0 Å². The number of carboxylic acids is 1. The number of aliphatic carboxylic acids is 1. The standard InChI is InChI=1S/C8H11NO2.ClH/c1-7(6-8(10)11)9-4-2-3-5-9;/h2-5,7H,6H2,1H3,(H,10,11);1H/t7-;/m1./s1. The number of nitrogens with zero attached hydrogens (tertiary/aromatic N) is 1. The first-order valence-corrected chi connectivity index (χ1v) is 3.54. The van der Waals surface area contributed by atoms with Crippen molar-refractivity contribution in [1.82, 2.24) is 4.57 Å². The monoisotopic (exact) mass is 189 g/mol. The van der Waals surface area contributed by atoms with Gasteiger partial charge in [-0.2, -0.15) is 0 Å². The number of carboxylic acid groups (broad SMARTS) is 1. The topological polar surface area (TPSA) is 42.2 Å². The molecule has 0 aliphatic rings. The lowest BCUT2D eigenvalue weighted by molar-refractivity contribution is -0.137. The van der Waals surface area contributed by atoms with Crippen LogP contribution in [0.1, 0.15) is 19.4 Å². The van der Waals surface area contributed by atoms with Crippen LogP contribution in [0.4, 0.5) is 0 Å². The molecule has 3 nitrogen and oxygen atoms in total. The number of carbonyl (C=O) groups is 1. The summed E-state index contributed by atoms with van der Waals surface area (Å²) in [5, 5.41) is 8.47. The molecule has 12 heavy (non-hydrogen) atoms. The molecule has 68 valence electrons. The van der Waals surface area contributed by atoms with Crippen molar-refractivity contribution in [2.45, 2.75) is 19.4 Å². The molecule has 4 heteroatoms. The fraction of sp³-hybridized carbons (Fsp3) is 0.375. The third-order valence-corrected chi connectivity index (χ3v) is 1.61. The van der Waals surface area contributed by atoms with Crippen molar-refractivity contribution < 1.29 is 9.90 Å². The number of rotatable bonds is 3. The Bertz CT molecular complexity index is 233. The molecule has 0 unspecified atom stereocenters. The van der Waals surface area contributed by atoms with Crippen molar-refractivity contribution >= 4 is 18.4 Å². The van der Waals surface area contributed by atoms with Crippen molar-refractivity contribution in [3.8, 4) is 0 Å². The second-order valence-corrected chi connectivity index (χ2v) is 2.58. The van der Waals surface area contributed by atoms with Gasteiger partial charge in [-0.3, -0.25) is 4.79 Å². The van der Waals surface area contributed by atoms with Gasteiger partial charge >= 0.3 is 5.97 Å². The van der Waals surface area contributed by atoms with E-state index in [4.69, 9.17) is 5.11 Å². The predicted octanol–water partition coefficient (Wildman–Crippen LogP) is 1.95. The van der Waals surface area contributed by atoms with Crippen LogP contribution in [0.25, 0.3) is 0 Å². The maximum absolute atomic E-state index is 10.3. The van der Waals surface area contributed by atoms with Crippen LogP contribution in [0, 0.1) is 0 Å². The summed E-state index contributed by atoms with van der Waals surface area (Å²) in [7, 11) is 0. The average molecular weight is 190 g/mol. The molecule has 1 aromatic rings. The van der Waals surface area contributed by atoms with Gasteiger partial charge in [0.25, 0.3) is 0 Å². The molecule has 0 aliphatic carbocycles. The van der Waals surface area contributed by atoms with E-state index in [9.17, 15) is 4.79 Å². The second-order valence-electron chi connectivity index (χ2n) is 2.58. The highest BCUT2D eigenvalue weighted by Crippen LogP contribution is 2.09. The van der Waals surface area contributed by atoms with Crippen LogP contribution in [-0.4, -0.2) is 15.6 Å². The fourth-order valence-electron chi connectivity index (χ4n) is 1.000. The van der Waals surface area contributed by atoms with E-state index in [0.717, 1.165) is 0 Å². The lowest BCUT2D eigenvalue weighted by Crippen LogP contribution is -2.08. The quantitative estimate of drug-likeness (QED) is 0.790. The average Bonchev–Trinajstić information content (AvgIpc) is 2.35. The third-order valence-electron chi connectivity index (χ3n) is 1.61. The SMILES string of the molecule is C[C@H](CC(=O)O)n1cccc1.Cl. The first-order valence-electron chi connectivity index (χ1n) is 3.54. The van der Waals surface area contributed by atoms with Gasteiger partial charge in [-0.25, -0.2) is 0 Å². The molecule has 0 bridgehead atoms. The highest BCUT2D eigenvalue weighted by Gasteiger charge is 2.06. The van der Waals surface area contributed by atoms with Crippen LogP contribution in [0.5, 0.6) is 0 Å². The molecular weight excluding hydrogens is 178 g/mol. The molecule has 1 aromatic heterocycles. The van der Waals surface area contributed by atoms with Gasteiger partial charge in [0, 0.05) is 18.4 Å². The Kier molecular flexibility index (Phi) is 4.44. The van der Waals surface area contributed by atoms with E-state index >= 15 is 0 Å².